The number of amides is 1. The second-order valence-corrected chi connectivity index (χ2v) is 15.3. The van der Waals surface area contributed by atoms with Gasteiger partial charge < -0.3 is 29.1 Å². The summed E-state index contributed by atoms with van der Waals surface area (Å²) < 4.78 is 58.8. The van der Waals surface area contributed by atoms with Crippen LogP contribution in [0.4, 0.5) is 18.9 Å². The Morgan fingerprint density at radius 1 is 0.902 bits per heavy atom. The van der Waals surface area contributed by atoms with Crippen molar-refractivity contribution in [1.29, 1.82) is 0 Å². The van der Waals surface area contributed by atoms with Crippen LogP contribution in [0.1, 0.15) is 74.0 Å². The minimum Gasteiger partial charge on any atom is -0.497 e. The van der Waals surface area contributed by atoms with Crippen molar-refractivity contribution in [3.63, 3.8) is 0 Å². The molecule has 0 unspecified atom stereocenters. The van der Waals surface area contributed by atoms with Gasteiger partial charge in [0.2, 0.25) is 5.91 Å². The number of anilines is 1. The highest BCUT2D eigenvalue weighted by molar-refractivity contribution is 5.81. The van der Waals surface area contributed by atoms with E-state index in [1.807, 2.05) is 21.9 Å². The number of methoxy groups -OCH3 is 3. The molecule has 0 aromatic heterocycles. The standard InChI is InChI=1S/C39H52F3N3O6/c1-38(37(47)48)15-17-43(18-16-38)35-19-27(39(40,41)42)7-14-31(35)33-22-45(20-26(33)24-49-2)36(46)34-23-44(28-8-12-30(51-4)13-9-28)21-32(34)25-5-10-29(50-3)11-6-25/h5-7,10-11,14,19,26,28,30,32-34H,8-9,12-13,15-18,20-24H2,1-4H3,(H,47,48)/t26-,28?,30?,32+,33+,34-/m1/s1. The first-order valence-corrected chi connectivity index (χ1v) is 18.2. The molecule has 51 heavy (non-hydrogen) atoms. The minimum atomic E-state index is -4.53. The van der Waals surface area contributed by atoms with Gasteiger partial charge >= 0.3 is 12.1 Å². The zero-order valence-corrected chi connectivity index (χ0v) is 30.2. The topological polar surface area (TPSA) is 91.8 Å². The smallest absolute Gasteiger partial charge is 0.416 e. The number of halogens is 3. The highest BCUT2D eigenvalue weighted by atomic mass is 19.4. The number of hydrogen-bond donors (Lipinski definition) is 1. The molecule has 2 aromatic rings. The summed E-state index contributed by atoms with van der Waals surface area (Å²) in [5, 5.41) is 9.79. The molecule has 4 fully saturated rings. The molecule has 4 atom stereocenters. The molecule has 0 bridgehead atoms. The lowest BCUT2D eigenvalue weighted by Crippen LogP contribution is -2.43. The Kier molecular flexibility index (Phi) is 11.2. The highest BCUT2D eigenvalue weighted by Gasteiger charge is 2.47. The first-order chi connectivity index (χ1) is 24.3. The molecule has 0 spiro atoms. The molecule has 12 heteroatoms. The quantitative estimate of drug-likeness (QED) is 0.308. The van der Waals surface area contributed by atoms with Crippen molar-refractivity contribution in [3.8, 4) is 5.75 Å². The van der Waals surface area contributed by atoms with E-state index in [2.05, 4.69) is 17.0 Å². The van der Waals surface area contributed by atoms with Gasteiger partial charge in [0.05, 0.1) is 36.7 Å². The van der Waals surface area contributed by atoms with Crippen LogP contribution >= 0.6 is 0 Å². The molecular weight excluding hydrogens is 663 g/mol. The molecule has 1 N–H and O–H groups in total. The Hall–Kier alpha value is -3.35. The molecule has 3 saturated heterocycles. The fourth-order valence-electron chi connectivity index (χ4n) is 9.00. The number of ether oxygens (including phenoxy) is 3. The molecular formula is C39H52F3N3O6. The number of carboxylic acid groups (broad SMARTS) is 1. The van der Waals surface area contributed by atoms with E-state index in [4.69, 9.17) is 14.2 Å². The van der Waals surface area contributed by atoms with Crippen LogP contribution in [0, 0.1) is 17.3 Å². The van der Waals surface area contributed by atoms with E-state index in [1.165, 1.54) is 6.07 Å². The summed E-state index contributed by atoms with van der Waals surface area (Å²) in [5.74, 6) is -0.725. The molecule has 9 nitrogen and oxygen atoms in total. The predicted octanol–water partition coefficient (Wildman–Crippen LogP) is 6.27. The van der Waals surface area contributed by atoms with Crippen molar-refractivity contribution < 1.29 is 42.1 Å². The van der Waals surface area contributed by atoms with Gasteiger partial charge in [-0.2, -0.15) is 13.2 Å². The lowest BCUT2D eigenvalue weighted by molar-refractivity contribution is -0.149. The average molecular weight is 716 g/mol. The Morgan fingerprint density at radius 3 is 2.18 bits per heavy atom. The van der Waals surface area contributed by atoms with Crippen LogP contribution in [0.5, 0.6) is 5.75 Å². The van der Waals surface area contributed by atoms with E-state index >= 15 is 0 Å². The summed E-state index contributed by atoms with van der Waals surface area (Å²) >= 11 is 0. The molecule has 1 aliphatic carbocycles. The lowest BCUT2D eigenvalue weighted by atomic mass is 9.79. The van der Waals surface area contributed by atoms with Crippen molar-refractivity contribution in [3.05, 3.63) is 59.2 Å². The maximum Gasteiger partial charge on any atom is 0.416 e. The van der Waals surface area contributed by atoms with E-state index in [1.54, 1.807) is 34.3 Å². The lowest BCUT2D eigenvalue weighted by Gasteiger charge is -2.39. The number of aliphatic carboxylic acids is 1. The summed E-state index contributed by atoms with van der Waals surface area (Å²) in [6.45, 7) is 4.95. The van der Waals surface area contributed by atoms with Crippen molar-refractivity contribution in [2.45, 2.75) is 75.6 Å². The second-order valence-electron chi connectivity index (χ2n) is 15.3. The summed E-state index contributed by atoms with van der Waals surface area (Å²) in [4.78, 5) is 33.0. The van der Waals surface area contributed by atoms with Crippen LogP contribution in [0.2, 0.25) is 0 Å². The number of nitrogens with zero attached hydrogens (tertiary/aromatic N) is 3. The first kappa shape index (κ1) is 37.4. The van der Waals surface area contributed by atoms with Gasteiger partial charge in [-0.15, -0.1) is 0 Å². The Balaban J connectivity index is 1.28. The minimum absolute atomic E-state index is 0.0120. The molecule has 2 aromatic carbocycles. The molecule has 1 amide bonds. The number of hydrogen-bond acceptors (Lipinski definition) is 7. The summed E-state index contributed by atoms with van der Waals surface area (Å²) in [5.41, 5.74) is 0.637. The second kappa shape index (κ2) is 15.3. The molecule has 0 radical (unpaired) electrons. The Morgan fingerprint density at radius 2 is 1.59 bits per heavy atom. The molecule has 4 aliphatic rings. The maximum absolute atomic E-state index is 14.7. The van der Waals surface area contributed by atoms with Crippen LogP contribution in [-0.2, 0) is 25.2 Å². The monoisotopic (exact) mass is 715 g/mol. The molecule has 3 heterocycles. The molecule has 280 valence electrons. The van der Waals surface area contributed by atoms with Gasteiger partial charge in [-0.05, 0) is 80.8 Å². The van der Waals surface area contributed by atoms with E-state index in [-0.39, 0.29) is 35.7 Å². The largest absolute Gasteiger partial charge is 0.497 e. The third-order valence-corrected chi connectivity index (χ3v) is 12.3. The highest BCUT2D eigenvalue weighted by Crippen LogP contribution is 2.45. The van der Waals surface area contributed by atoms with Gasteiger partial charge in [-0.1, -0.05) is 18.2 Å². The fraction of sp³-hybridized carbons (Fsp3) is 0.641. The summed E-state index contributed by atoms with van der Waals surface area (Å²) in [6, 6.07) is 12.3. The fourth-order valence-corrected chi connectivity index (χ4v) is 9.00. The molecule has 1 saturated carbocycles. The number of rotatable bonds is 10. The van der Waals surface area contributed by atoms with E-state index in [9.17, 15) is 27.9 Å². The number of carboxylic acids is 1. The van der Waals surface area contributed by atoms with Crippen LogP contribution in [0.15, 0.2) is 42.5 Å². The van der Waals surface area contributed by atoms with Gasteiger partial charge in [-0.3, -0.25) is 14.5 Å². The zero-order valence-electron chi connectivity index (χ0n) is 30.2. The Labute approximate surface area is 299 Å². The molecule has 3 aliphatic heterocycles. The van der Waals surface area contributed by atoms with Crippen molar-refractivity contribution in [2.24, 2.45) is 17.3 Å². The summed E-state index contributed by atoms with van der Waals surface area (Å²) in [6.07, 6.45) is 0.440. The van der Waals surface area contributed by atoms with Crippen LogP contribution in [-0.4, -0.2) is 106 Å². The first-order valence-electron chi connectivity index (χ1n) is 18.2. The van der Waals surface area contributed by atoms with Gasteiger partial charge in [0.25, 0.3) is 0 Å². The van der Waals surface area contributed by atoms with Crippen LogP contribution in [0.3, 0.4) is 0 Å². The van der Waals surface area contributed by atoms with E-state index in [0.717, 1.165) is 55.2 Å². The average Bonchev–Trinajstić information content (AvgIpc) is 3.77. The van der Waals surface area contributed by atoms with E-state index < -0.39 is 23.1 Å². The zero-order chi connectivity index (χ0) is 36.5. The number of alkyl halides is 3. The predicted molar refractivity (Wildman–Crippen MR) is 187 cm³/mol. The Bertz CT molecular complexity index is 1520. The number of piperidine rings is 1. The number of carbonyl (C=O) groups is 2. The van der Waals surface area contributed by atoms with Crippen molar-refractivity contribution >= 4 is 17.6 Å². The SMILES string of the molecule is COC[C@H]1CN(C(=O)[C@@H]2CN(C3CCC(OC)CC3)C[C@H]2c2ccc(OC)cc2)C[C@@H]1c1ccc(C(F)(F)F)cc1N1CCC(C)(C(=O)O)CC1. The third kappa shape index (κ3) is 7.88. The summed E-state index contributed by atoms with van der Waals surface area (Å²) in [7, 11) is 5.01. The normalized spacial score (nSPS) is 28.6. The number of likely N-dealkylation sites (tertiary alicyclic amines) is 2. The molecule has 6 rings (SSSR count). The number of benzene rings is 2. The maximum atomic E-state index is 14.7. The van der Waals surface area contributed by atoms with Gasteiger partial charge in [0.1, 0.15) is 5.75 Å². The van der Waals surface area contributed by atoms with Crippen molar-refractivity contribution in [2.75, 3.05) is 72.1 Å². The third-order valence-electron chi connectivity index (χ3n) is 12.3. The van der Waals surface area contributed by atoms with Gasteiger partial charge in [-0.25, -0.2) is 0 Å². The van der Waals surface area contributed by atoms with E-state index in [0.29, 0.717) is 63.9 Å². The van der Waals surface area contributed by atoms with Gasteiger partial charge in [0.15, 0.2) is 0 Å². The van der Waals surface area contributed by atoms with Crippen molar-refractivity contribution in [1.82, 2.24) is 9.80 Å². The van der Waals surface area contributed by atoms with Crippen LogP contribution in [0.25, 0.3) is 0 Å². The van der Waals surface area contributed by atoms with Gasteiger partial charge in [0, 0.05) is 83.0 Å². The number of carbonyl (C=O) groups excluding carboxylic acids is 1. The van der Waals surface area contributed by atoms with Crippen LogP contribution < -0.4 is 9.64 Å².